The third kappa shape index (κ3) is 1.52. The average Bonchev–Trinajstić information content (AvgIpc) is 1.96. The first-order valence-corrected chi connectivity index (χ1v) is 3.84. The normalized spacial score (nSPS) is 10.0. The molecule has 0 aliphatic rings. The molecule has 64 valence electrons. The smallest absolute Gasteiger partial charge is 0.126 e. The van der Waals surface area contributed by atoms with Crippen molar-refractivity contribution in [3.63, 3.8) is 0 Å². The number of benzene rings is 1. The molecule has 0 saturated heterocycles. The molecular formula is C10H12FN. The standard InChI is InChI=1S/C10H12FN/c1-6-4-7(2)10(11)5-9(6)8(3)12/h4-5,12H,1-3H3. The molecule has 0 aromatic heterocycles. The van der Waals surface area contributed by atoms with Crippen LogP contribution in [0.2, 0.25) is 0 Å². The molecule has 0 atom stereocenters. The Morgan fingerprint density at radius 3 is 2.33 bits per heavy atom. The predicted molar refractivity (Wildman–Crippen MR) is 48.4 cm³/mol. The molecule has 1 rings (SSSR count). The summed E-state index contributed by atoms with van der Waals surface area (Å²) in [5.41, 5.74) is 2.70. The highest BCUT2D eigenvalue weighted by Gasteiger charge is 2.04. The highest BCUT2D eigenvalue weighted by molar-refractivity contribution is 5.97. The molecule has 12 heavy (non-hydrogen) atoms. The summed E-state index contributed by atoms with van der Waals surface area (Å²) in [7, 11) is 0. The summed E-state index contributed by atoms with van der Waals surface area (Å²) in [4.78, 5) is 0. The van der Waals surface area contributed by atoms with Crippen molar-refractivity contribution in [2.24, 2.45) is 0 Å². The van der Waals surface area contributed by atoms with E-state index in [0.29, 0.717) is 16.8 Å². The van der Waals surface area contributed by atoms with Gasteiger partial charge in [-0.2, -0.15) is 0 Å². The van der Waals surface area contributed by atoms with E-state index in [2.05, 4.69) is 0 Å². The van der Waals surface area contributed by atoms with Gasteiger partial charge in [-0.05, 0) is 38.0 Å². The van der Waals surface area contributed by atoms with Gasteiger partial charge in [0, 0.05) is 11.3 Å². The fourth-order valence-electron chi connectivity index (χ4n) is 1.23. The number of nitrogens with one attached hydrogen (secondary N) is 1. The number of hydrogen-bond donors (Lipinski definition) is 1. The molecule has 0 spiro atoms. The van der Waals surface area contributed by atoms with E-state index in [0.717, 1.165) is 5.56 Å². The molecule has 0 fully saturated rings. The molecule has 0 bridgehead atoms. The Hall–Kier alpha value is -1.18. The molecule has 0 unspecified atom stereocenters. The van der Waals surface area contributed by atoms with Gasteiger partial charge >= 0.3 is 0 Å². The van der Waals surface area contributed by atoms with Crippen molar-refractivity contribution in [2.45, 2.75) is 20.8 Å². The molecule has 0 saturated carbocycles. The lowest BCUT2D eigenvalue weighted by atomic mass is 10.0. The molecule has 0 aliphatic carbocycles. The summed E-state index contributed by atoms with van der Waals surface area (Å²) in [6.45, 7) is 5.28. The maximum Gasteiger partial charge on any atom is 0.126 e. The minimum Gasteiger partial charge on any atom is -0.305 e. The topological polar surface area (TPSA) is 23.9 Å². The lowest BCUT2D eigenvalue weighted by Crippen LogP contribution is -1.98. The zero-order valence-electron chi connectivity index (χ0n) is 7.53. The van der Waals surface area contributed by atoms with Crippen LogP contribution >= 0.6 is 0 Å². The lowest BCUT2D eigenvalue weighted by Gasteiger charge is -2.05. The fourth-order valence-corrected chi connectivity index (χ4v) is 1.23. The van der Waals surface area contributed by atoms with Gasteiger partial charge in [0.25, 0.3) is 0 Å². The summed E-state index contributed by atoms with van der Waals surface area (Å²) in [5.74, 6) is -0.234. The first-order chi connectivity index (χ1) is 5.52. The lowest BCUT2D eigenvalue weighted by molar-refractivity contribution is 0.617. The van der Waals surface area contributed by atoms with Gasteiger partial charge in [0.1, 0.15) is 5.82 Å². The van der Waals surface area contributed by atoms with Crippen molar-refractivity contribution in [1.82, 2.24) is 0 Å². The van der Waals surface area contributed by atoms with Crippen LogP contribution in [0.15, 0.2) is 12.1 Å². The van der Waals surface area contributed by atoms with E-state index < -0.39 is 0 Å². The Balaban J connectivity index is 3.33. The second kappa shape index (κ2) is 3.05. The van der Waals surface area contributed by atoms with Crippen LogP contribution in [0, 0.1) is 25.1 Å². The van der Waals surface area contributed by atoms with Crippen molar-refractivity contribution in [3.05, 3.63) is 34.6 Å². The second-order valence-electron chi connectivity index (χ2n) is 3.04. The molecule has 0 amide bonds. The number of rotatable bonds is 1. The van der Waals surface area contributed by atoms with Crippen LogP contribution in [0.4, 0.5) is 4.39 Å². The summed E-state index contributed by atoms with van der Waals surface area (Å²) >= 11 is 0. The maximum absolute atomic E-state index is 13.0. The zero-order chi connectivity index (χ0) is 9.30. The Morgan fingerprint density at radius 1 is 1.25 bits per heavy atom. The predicted octanol–water partition coefficient (Wildman–Crippen LogP) is 2.83. The minimum atomic E-state index is -0.234. The maximum atomic E-state index is 13.0. The molecule has 0 aliphatic heterocycles. The molecule has 0 radical (unpaired) electrons. The summed E-state index contributed by atoms with van der Waals surface area (Å²) in [6, 6.07) is 3.19. The van der Waals surface area contributed by atoms with Gasteiger partial charge in [0.15, 0.2) is 0 Å². The molecule has 1 aromatic rings. The third-order valence-corrected chi connectivity index (χ3v) is 1.91. The number of halogens is 1. The van der Waals surface area contributed by atoms with Gasteiger partial charge in [-0.15, -0.1) is 0 Å². The van der Waals surface area contributed by atoms with Crippen LogP contribution in [0.1, 0.15) is 23.6 Å². The first kappa shape index (κ1) is 8.91. The van der Waals surface area contributed by atoms with Gasteiger partial charge in [-0.25, -0.2) is 4.39 Å². The highest BCUT2D eigenvalue weighted by Crippen LogP contribution is 2.14. The molecule has 1 nitrogen and oxygen atoms in total. The summed E-state index contributed by atoms with van der Waals surface area (Å²) in [6.07, 6.45) is 0. The molecule has 2 heteroatoms. The van der Waals surface area contributed by atoms with Crippen LogP contribution in [-0.2, 0) is 0 Å². The van der Waals surface area contributed by atoms with Crippen LogP contribution in [0.5, 0.6) is 0 Å². The van der Waals surface area contributed by atoms with Crippen LogP contribution in [-0.4, -0.2) is 5.71 Å². The highest BCUT2D eigenvalue weighted by atomic mass is 19.1. The van der Waals surface area contributed by atoms with E-state index in [4.69, 9.17) is 5.41 Å². The Morgan fingerprint density at radius 2 is 1.83 bits per heavy atom. The van der Waals surface area contributed by atoms with Gasteiger partial charge in [0.05, 0.1) is 0 Å². The zero-order valence-corrected chi connectivity index (χ0v) is 7.53. The number of aryl methyl sites for hydroxylation is 2. The SMILES string of the molecule is CC(=N)c1cc(F)c(C)cc1C. The van der Waals surface area contributed by atoms with Gasteiger partial charge in [-0.1, -0.05) is 6.07 Å². The number of hydrogen-bond acceptors (Lipinski definition) is 1. The van der Waals surface area contributed by atoms with Gasteiger partial charge in [0.2, 0.25) is 0 Å². The van der Waals surface area contributed by atoms with Crippen molar-refractivity contribution in [2.75, 3.05) is 0 Å². The first-order valence-electron chi connectivity index (χ1n) is 3.84. The Bertz CT molecular complexity index is 329. The van der Waals surface area contributed by atoms with E-state index in [-0.39, 0.29) is 5.82 Å². The van der Waals surface area contributed by atoms with Crippen molar-refractivity contribution in [1.29, 1.82) is 5.41 Å². The third-order valence-electron chi connectivity index (χ3n) is 1.91. The quantitative estimate of drug-likeness (QED) is 0.619. The van der Waals surface area contributed by atoms with E-state index in [9.17, 15) is 4.39 Å². The largest absolute Gasteiger partial charge is 0.305 e. The average molecular weight is 165 g/mol. The summed E-state index contributed by atoms with van der Waals surface area (Å²) < 4.78 is 13.0. The minimum absolute atomic E-state index is 0.234. The van der Waals surface area contributed by atoms with E-state index in [1.165, 1.54) is 6.07 Å². The molecule has 1 N–H and O–H groups in total. The van der Waals surface area contributed by atoms with Crippen molar-refractivity contribution in [3.8, 4) is 0 Å². The van der Waals surface area contributed by atoms with E-state index in [1.54, 1.807) is 19.9 Å². The monoisotopic (exact) mass is 165 g/mol. The second-order valence-corrected chi connectivity index (χ2v) is 3.04. The van der Waals surface area contributed by atoms with Crippen LogP contribution in [0.3, 0.4) is 0 Å². The van der Waals surface area contributed by atoms with Crippen molar-refractivity contribution < 1.29 is 4.39 Å². The molecular weight excluding hydrogens is 153 g/mol. The van der Waals surface area contributed by atoms with E-state index in [1.807, 2.05) is 6.92 Å². The Kier molecular flexibility index (Phi) is 2.27. The molecule has 0 heterocycles. The molecule has 1 aromatic carbocycles. The van der Waals surface area contributed by atoms with Crippen LogP contribution in [0.25, 0.3) is 0 Å². The summed E-state index contributed by atoms with van der Waals surface area (Å²) in [5, 5.41) is 7.38. The van der Waals surface area contributed by atoms with Crippen LogP contribution < -0.4 is 0 Å². The van der Waals surface area contributed by atoms with Gasteiger partial charge in [-0.3, -0.25) is 0 Å². The van der Waals surface area contributed by atoms with Crippen molar-refractivity contribution >= 4 is 5.71 Å². The van der Waals surface area contributed by atoms with E-state index >= 15 is 0 Å². The van der Waals surface area contributed by atoms with Gasteiger partial charge < -0.3 is 5.41 Å². The fraction of sp³-hybridized carbons (Fsp3) is 0.300. The Labute approximate surface area is 71.7 Å².